The zero-order valence-electron chi connectivity index (χ0n) is 4.80. The summed E-state index contributed by atoms with van der Waals surface area (Å²) in [5, 5.41) is 8.05. The highest BCUT2D eigenvalue weighted by Gasteiger charge is 1.73. The van der Waals surface area contributed by atoms with Gasteiger partial charge in [-0.3, -0.25) is 0 Å². The SMILES string of the molecule is N#CCCC=CCN. The van der Waals surface area contributed by atoms with E-state index >= 15 is 0 Å². The molecule has 0 rings (SSSR count). The molecule has 0 aromatic rings. The summed E-state index contributed by atoms with van der Waals surface area (Å²) in [5.41, 5.74) is 5.14. The van der Waals surface area contributed by atoms with E-state index in [0.717, 1.165) is 6.42 Å². The Hall–Kier alpha value is -0.810. The molecule has 8 heavy (non-hydrogen) atoms. The molecule has 2 heteroatoms. The first-order valence-electron chi connectivity index (χ1n) is 2.64. The van der Waals surface area contributed by atoms with Gasteiger partial charge in [-0.25, -0.2) is 0 Å². The Morgan fingerprint density at radius 3 is 2.75 bits per heavy atom. The molecule has 0 unspecified atom stereocenters. The van der Waals surface area contributed by atoms with E-state index in [9.17, 15) is 0 Å². The number of hydrogen-bond donors (Lipinski definition) is 1. The minimum Gasteiger partial charge on any atom is -0.327 e. The van der Waals surface area contributed by atoms with Gasteiger partial charge in [0.15, 0.2) is 0 Å². The smallest absolute Gasteiger partial charge is 0.0624 e. The second-order valence-electron chi connectivity index (χ2n) is 1.40. The molecule has 0 saturated carbocycles. The van der Waals surface area contributed by atoms with Crippen LogP contribution in [0.25, 0.3) is 0 Å². The molecule has 2 nitrogen and oxygen atoms in total. The van der Waals surface area contributed by atoms with Crippen molar-refractivity contribution in [2.75, 3.05) is 6.54 Å². The van der Waals surface area contributed by atoms with E-state index in [2.05, 4.69) is 0 Å². The Kier molecular flexibility index (Phi) is 5.56. The monoisotopic (exact) mass is 110 g/mol. The zero-order valence-corrected chi connectivity index (χ0v) is 4.80. The Morgan fingerprint density at radius 1 is 1.50 bits per heavy atom. The van der Waals surface area contributed by atoms with E-state index in [1.807, 2.05) is 18.2 Å². The highest BCUT2D eigenvalue weighted by atomic mass is 14.5. The van der Waals surface area contributed by atoms with Crippen LogP contribution in [-0.4, -0.2) is 6.54 Å². The fourth-order valence-corrected chi connectivity index (χ4v) is 0.362. The van der Waals surface area contributed by atoms with Crippen molar-refractivity contribution in [3.63, 3.8) is 0 Å². The van der Waals surface area contributed by atoms with Gasteiger partial charge in [-0.1, -0.05) is 12.2 Å². The van der Waals surface area contributed by atoms with Gasteiger partial charge < -0.3 is 5.73 Å². The summed E-state index contributed by atoms with van der Waals surface area (Å²) in [6.45, 7) is 0.575. The summed E-state index contributed by atoms with van der Waals surface area (Å²) in [6, 6.07) is 2.03. The van der Waals surface area contributed by atoms with Crippen molar-refractivity contribution in [2.24, 2.45) is 5.73 Å². The van der Waals surface area contributed by atoms with Crippen molar-refractivity contribution in [1.29, 1.82) is 5.26 Å². The minimum absolute atomic E-state index is 0.575. The molecule has 44 valence electrons. The van der Waals surface area contributed by atoms with Gasteiger partial charge in [0.2, 0.25) is 0 Å². The highest BCUT2D eigenvalue weighted by molar-refractivity contribution is 4.85. The fourth-order valence-electron chi connectivity index (χ4n) is 0.362. The molecular formula is C6H10N2. The second-order valence-corrected chi connectivity index (χ2v) is 1.40. The van der Waals surface area contributed by atoms with Crippen molar-refractivity contribution in [2.45, 2.75) is 12.8 Å². The van der Waals surface area contributed by atoms with Gasteiger partial charge in [0.1, 0.15) is 0 Å². The van der Waals surface area contributed by atoms with Crippen molar-refractivity contribution in [1.82, 2.24) is 0 Å². The molecule has 0 aromatic carbocycles. The molecule has 0 amide bonds. The quantitative estimate of drug-likeness (QED) is 0.431. The largest absolute Gasteiger partial charge is 0.327 e. The van der Waals surface area contributed by atoms with E-state index in [1.54, 1.807) is 0 Å². The maximum atomic E-state index is 8.05. The second kappa shape index (κ2) is 6.19. The topological polar surface area (TPSA) is 49.8 Å². The van der Waals surface area contributed by atoms with Crippen LogP contribution in [0, 0.1) is 11.3 Å². The molecule has 0 aromatic heterocycles. The molecule has 0 saturated heterocycles. The third-order valence-electron chi connectivity index (χ3n) is 0.726. The molecule has 0 fully saturated rings. The van der Waals surface area contributed by atoms with Crippen LogP contribution in [0.4, 0.5) is 0 Å². The van der Waals surface area contributed by atoms with Crippen molar-refractivity contribution in [3.8, 4) is 6.07 Å². The first-order chi connectivity index (χ1) is 3.91. The average molecular weight is 110 g/mol. The van der Waals surface area contributed by atoms with Gasteiger partial charge in [-0.2, -0.15) is 5.26 Å². The third-order valence-corrected chi connectivity index (χ3v) is 0.726. The normalized spacial score (nSPS) is 9.50. The van der Waals surface area contributed by atoms with Gasteiger partial charge in [0, 0.05) is 13.0 Å². The van der Waals surface area contributed by atoms with E-state index in [1.165, 1.54) is 0 Å². The molecule has 0 aliphatic rings. The lowest BCUT2D eigenvalue weighted by atomic mass is 10.3. The molecule has 0 spiro atoms. The maximum Gasteiger partial charge on any atom is 0.0624 e. The molecule has 0 radical (unpaired) electrons. The van der Waals surface area contributed by atoms with Crippen LogP contribution in [-0.2, 0) is 0 Å². The number of unbranched alkanes of at least 4 members (excludes halogenated alkanes) is 1. The molecular weight excluding hydrogens is 100 g/mol. The van der Waals surface area contributed by atoms with Crippen molar-refractivity contribution in [3.05, 3.63) is 12.2 Å². The predicted molar refractivity (Wildman–Crippen MR) is 33.0 cm³/mol. The number of allylic oxidation sites excluding steroid dienone is 1. The minimum atomic E-state index is 0.575. The summed E-state index contributed by atoms with van der Waals surface area (Å²) in [4.78, 5) is 0. The van der Waals surface area contributed by atoms with Gasteiger partial charge in [0.05, 0.1) is 6.07 Å². The van der Waals surface area contributed by atoms with Gasteiger partial charge in [-0.05, 0) is 6.42 Å². The van der Waals surface area contributed by atoms with E-state index in [-0.39, 0.29) is 0 Å². The third kappa shape index (κ3) is 5.19. The zero-order chi connectivity index (χ0) is 6.24. The lowest BCUT2D eigenvalue weighted by molar-refractivity contribution is 1.05. The van der Waals surface area contributed by atoms with Gasteiger partial charge in [-0.15, -0.1) is 0 Å². The highest BCUT2D eigenvalue weighted by Crippen LogP contribution is 1.85. The summed E-state index contributed by atoms with van der Waals surface area (Å²) in [6.07, 6.45) is 5.20. The van der Waals surface area contributed by atoms with Crippen LogP contribution in [0.2, 0.25) is 0 Å². The van der Waals surface area contributed by atoms with Gasteiger partial charge >= 0.3 is 0 Å². The Morgan fingerprint density at radius 2 is 2.25 bits per heavy atom. The van der Waals surface area contributed by atoms with Crippen LogP contribution < -0.4 is 5.73 Å². The Bertz CT molecular complexity index is 99.6. The summed E-state index contributed by atoms with van der Waals surface area (Å²) >= 11 is 0. The first-order valence-corrected chi connectivity index (χ1v) is 2.64. The molecule has 2 N–H and O–H groups in total. The lowest BCUT2D eigenvalue weighted by Crippen LogP contribution is -1.91. The average Bonchev–Trinajstić information content (AvgIpc) is 1.81. The number of nitrogens with two attached hydrogens (primary N) is 1. The molecule has 0 heterocycles. The van der Waals surface area contributed by atoms with Gasteiger partial charge in [0.25, 0.3) is 0 Å². The van der Waals surface area contributed by atoms with Crippen LogP contribution in [0.15, 0.2) is 12.2 Å². The van der Waals surface area contributed by atoms with Crippen LogP contribution >= 0.6 is 0 Å². The fraction of sp³-hybridized carbons (Fsp3) is 0.500. The number of hydrogen-bond acceptors (Lipinski definition) is 2. The molecule has 0 aliphatic carbocycles. The summed E-state index contributed by atoms with van der Waals surface area (Å²) < 4.78 is 0. The summed E-state index contributed by atoms with van der Waals surface area (Å²) in [7, 11) is 0. The van der Waals surface area contributed by atoms with E-state index < -0.39 is 0 Å². The number of nitriles is 1. The van der Waals surface area contributed by atoms with Crippen molar-refractivity contribution >= 4 is 0 Å². The van der Waals surface area contributed by atoms with E-state index in [0.29, 0.717) is 13.0 Å². The first kappa shape index (κ1) is 7.19. The molecule has 0 bridgehead atoms. The summed E-state index contributed by atoms with van der Waals surface area (Å²) in [5.74, 6) is 0. The Labute approximate surface area is 49.6 Å². The van der Waals surface area contributed by atoms with Crippen LogP contribution in [0.5, 0.6) is 0 Å². The van der Waals surface area contributed by atoms with Crippen LogP contribution in [0.3, 0.4) is 0 Å². The standard InChI is InChI=1S/C6H10N2/c7-5-3-1-2-4-6-8/h1,3H,2,4-5,7H2. The van der Waals surface area contributed by atoms with E-state index in [4.69, 9.17) is 11.0 Å². The number of nitrogens with zero attached hydrogens (tertiary/aromatic N) is 1. The lowest BCUT2D eigenvalue weighted by Gasteiger charge is -1.78. The molecule has 0 aliphatic heterocycles. The van der Waals surface area contributed by atoms with Crippen LogP contribution in [0.1, 0.15) is 12.8 Å². The maximum absolute atomic E-state index is 8.05. The predicted octanol–water partition coefficient (Wildman–Crippen LogP) is 0.805. The van der Waals surface area contributed by atoms with Crippen molar-refractivity contribution < 1.29 is 0 Å². The number of rotatable bonds is 3. The Balaban J connectivity index is 2.94. The molecule has 0 atom stereocenters.